The number of aromatic nitrogens is 4. The van der Waals surface area contributed by atoms with Crippen molar-refractivity contribution in [2.45, 2.75) is 0 Å². The molecule has 0 spiro atoms. The third kappa shape index (κ3) is 4.91. The smallest absolute Gasteiger partial charge is 0.179 e. The van der Waals surface area contributed by atoms with E-state index in [1.165, 1.54) is 0 Å². The fourth-order valence-corrected chi connectivity index (χ4v) is 6.13. The summed E-state index contributed by atoms with van der Waals surface area (Å²) >= 11 is 0. The maximum Gasteiger partial charge on any atom is 0.179 e. The maximum atomic E-state index is 6.34. The molecule has 0 bridgehead atoms. The molecule has 220 valence electrons. The van der Waals surface area contributed by atoms with Gasteiger partial charge in [-0.2, -0.15) is 0 Å². The van der Waals surface area contributed by atoms with Gasteiger partial charge in [0, 0.05) is 38.4 Å². The Morgan fingerprint density at radius 3 is 1.72 bits per heavy atom. The van der Waals surface area contributed by atoms with Crippen LogP contribution in [0.15, 0.2) is 162 Å². The average molecular weight is 603 g/mol. The van der Waals surface area contributed by atoms with Gasteiger partial charge < -0.3 is 4.42 Å². The molecule has 0 N–H and O–H groups in total. The summed E-state index contributed by atoms with van der Waals surface area (Å²) in [4.78, 5) is 20.0. The predicted octanol–water partition coefficient (Wildman–Crippen LogP) is 10.7. The molecule has 0 saturated heterocycles. The van der Waals surface area contributed by atoms with Crippen LogP contribution < -0.4 is 0 Å². The number of furan rings is 1. The topological polar surface area (TPSA) is 64.7 Å². The van der Waals surface area contributed by atoms with Crippen LogP contribution in [0.2, 0.25) is 0 Å². The summed E-state index contributed by atoms with van der Waals surface area (Å²) in [7, 11) is 0. The first-order valence-electron chi connectivity index (χ1n) is 15.6. The summed E-state index contributed by atoms with van der Waals surface area (Å²) in [5.74, 6) is 0.586. The minimum absolute atomic E-state index is 0.586. The zero-order chi connectivity index (χ0) is 31.2. The Labute approximate surface area is 270 Å². The van der Waals surface area contributed by atoms with E-state index < -0.39 is 0 Å². The molecular formula is C42H26N4O. The Bertz CT molecular complexity index is 2560. The summed E-state index contributed by atoms with van der Waals surface area (Å²) in [6.45, 7) is 0. The minimum atomic E-state index is 0.586. The van der Waals surface area contributed by atoms with E-state index in [-0.39, 0.29) is 0 Å². The summed E-state index contributed by atoms with van der Waals surface area (Å²) in [6, 6.07) is 53.3. The summed E-state index contributed by atoms with van der Waals surface area (Å²) in [5, 5.41) is 3.20. The number of rotatable bonds is 5. The van der Waals surface area contributed by atoms with Gasteiger partial charge >= 0.3 is 0 Å². The fraction of sp³-hybridized carbons (Fsp3) is 0. The molecule has 0 radical (unpaired) electrons. The molecule has 4 heterocycles. The lowest BCUT2D eigenvalue weighted by Gasteiger charge is -2.11. The Balaban J connectivity index is 1.16. The Morgan fingerprint density at radius 2 is 0.979 bits per heavy atom. The maximum absolute atomic E-state index is 6.34. The van der Waals surface area contributed by atoms with E-state index in [0.29, 0.717) is 5.82 Å². The van der Waals surface area contributed by atoms with Crippen LogP contribution in [-0.4, -0.2) is 19.9 Å². The van der Waals surface area contributed by atoms with Gasteiger partial charge in [0.2, 0.25) is 0 Å². The molecule has 0 atom stereocenters. The summed E-state index contributed by atoms with van der Waals surface area (Å²) in [5.41, 5.74) is 10.7. The molecular weight excluding hydrogens is 576 g/mol. The van der Waals surface area contributed by atoms with Gasteiger partial charge in [0.1, 0.15) is 17.0 Å². The first kappa shape index (κ1) is 26.9. The van der Waals surface area contributed by atoms with Crippen LogP contribution in [0.5, 0.6) is 0 Å². The van der Waals surface area contributed by atoms with E-state index in [9.17, 15) is 0 Å². The molecule has 5 aromatic carbocycles. The van der Waals surface area contributed by atoms with Crippen molar-refractivity contribution < 1.29 is 4.42 Å². The molecule has 4 aromatic heterocycles. The highest BCUT2D eigenvalue weighted by Crippen LogP contribution is 2.38. The lowest BCUT2D eigenvalue weighted by Crippen LogP contribution is -1.97. The van der Waals surface area contributed by atoms with E-state index in [2.05, 4.69) is 72.8 Å². The van der Waals surface area contributed by atoms with Crippen molar-refractivity contribution in [3.8, 4) is 56.5 Å². The van der Waals surface area contributed by atoms with Crippen LogP contribution >= 0.6 is 0 Å². The number of benzene rings is 5. The van der Waals surface area contributed by atoms with Crippen molar-refractivity contribution in [1.29, 1.82) is 0 Å². The third-order valence-corrected chi connectivity index (χ3v) is 8.51. The van der Waals surface area contributed by atoms with Gasteiger partial charge in [-0.1, -0.05) is 127 Å². The van der Waals surface area contributed by atoms with Crippen molar-refractivity contribution in [1.82, 2.24) is 19.9 Å². The SMILES string of the molecule is c1ccc(-c2cc(-c3ccc(-c4cc5c(oc6ccccc65)c(-c5ccccc5)n4)cc3)nc(-c3ccc4ccccc4n3)n2)cc1. The molecule has 9 aromatic rings. The molecule has 0 fully saturated rings. The van der Waals surface area contributed by atoms with Gasteiger partial charge in [0.15, 0.2) is 11.4 Å². The second-order valence-electron chi connectivity index (χ2n) is 11.5. The highest BCUT2D eigenvalue weighted by atomic mass is 16.3. The number of hydrogen-bond donors (Lipinski definition) is 0. The first-order chi connectivity index (χ1) is 23.3. The number of para-hydroxylation sites is 2. The van der Waals surface area contributed by atoms with Crippen LogP contribution in [0.4, 0.5) is 0 Å². The monoisotopic (exact) mass is 602 g/mol. The van der Waals surface area contributed by atoms with Gasteiger partial charge in [-0.15, -0.1) is 0 Å². The Hall–Kier alpha value is -6.46. The Kier molecular flexibility index (Phi) is 6.39. The molecule has 0 aliphatic heterocycles. The van der Waals surface area contributed by atoms with E-state index in [1.807, 2.05) is 84.9 Å². The predicted molar refractivity (Wildman–Crippen MR) is 190 cm³/mol. The van der Waals surface area contributed by atoms with E-state index in [1.54, 1.807) is 0 Å². The standard InChI is InChI=1S/C42H26N4O/c1-3-11-27(12-4-1)37-26-38(46-42(45-37)35-24-23-28-13-7-9-17-34(28)43-35)30-21-19-29(20-22-30)36-25-33-32-16-8-10-18-39(32)47-41(33)40(44-36)31-14-5-2-6-15-31/h1-26H. The normalized spacial score (nSPS) is 11.4. The molecule has 0 amide bonds. The molecule has 5 nitrogen and oxygen atoms in total. The quantitative estimate of drug-likeness (QED) is 0.196. The Morgan fingerprint density at radius 1 is 0.383 bits per heavy atom. The van der Waals surface area contributed by atoms with Crippen molar-refractivity contribution in [3.63, 3.8) is 0 Å². The van der Waals surface area contributed by atoms with E-state index in [4.69, 9.17) is 24.4 Å². The highest BCUT2D eigenvalue weighted by Gasteiger charge is 2.17. The van der Waals surface area contributed by atoms with Crippen LogP contribution in [-0.2, 0) is 0 Å². The molecule has 0 unspecified atom stereocenters. The fourth-order valence-electron chi connectivity index (χ4n) is 6.13. The molecule has 5 heteroatoms. The lowest BCUT2D eigenvalue weighted by atomic mass is 10.0. The van der Waals surface area contributed by atoms with Gasteiger partial charge in [-0.25, -0.2) is 19.9 Å². The summed E-state index contributed by atoms with van der Waals surface area (Å²) < 4.78 is 6.34. The molecule has 47 heavy (non-hydrogen) atoms. The highest BCUT2D eigenvalue weighted by molar-refractivity contribution is 6.10. The average Bonchev–Trinajstić information content (AvgIpc) is 3.53. The van der Waals surface area contributed by atoms with E-state index >= 15 is 0 Å². The van der Waals surface area contributed by atoms with Crippen LogP contribution in [0.3, 0.4) is 0 Å². The minimum Gasteiger partial charge on any atom is -0.454 e. The molecule has 0 aliphatic rings. The number of nitrogens with zero attached hydrogens (tertiary/aromatic N) is 4. The van der Waals surface area contributed by atoms with Crippen LogP contribution in [0.1, 0.15) is 0 Å². The zero-order valence-electron chi connectivity index (χ0n) is 25.2. The van der Waals surface area contributed by atoms with Crippen molar-refractivity contribution in [3.05, 3.63) is 158 Å². The second-order valence-corrected chi connectivity index (χ2v) is 11.5. The van der Waals surface area contributed by atoms with Gasteiger partial charge in [0.05, 0.1) is 22.6 Å². The van der Waals surface area contributed by atoms with Crippen LogP contribution in [0, 0.1) is 0 Å². The third-order valence-electron chi connectivity index (χ3n) is 8.51. The van der Waals surface area contributed by atoms with Gasteiger partial charge in [-0.05, 0) is 30.3 Å². The summed E-state index contributed by atoms with van der Waals surface area (Å²) in [6.07, 6.45) is 0. The van der Waals surface area contributed by atoms with Crippen LogP contribution in [0.25, 0.3) is 89.4 Å². The van der Waals surface area contributed by atoms with Crippen molar-refractivity contribution in [2.75, 3.05) is 0 Å². The van der Waals surface area contributed by atoms with Crippen molar-refractivity contribution >= 4 is 32.8 Å². The molecule has 9 rings (SSSR count). The molecule has 0 aliphatic carbocycles. The number of pyridine rings is 2. The zero-order valence-corrected chi connectivity index (χ0v) is 25.2. The second kappa shape index (κ2) is 11.2. The van der Waals surface area contributed by atoms with Gasteiger partial charge in [-0.3, -0.25) is 0 Å². The van der Waals surface area contributed by atoms with Crippen molar-refractivity contribution in [2.24, 2.45) is 0 Å². The first-order valence-corrected chi connectivity index (χ1v) is 15.6. The number of hydrogen-bond acceptors (Lipinski definition) is 5. The molecule has 0 saturated carbocycles. The van der Waals surface area contributed by atoms with Gasteiger partial charge in [0.25, 0.3) is 0 Å². The number of fused-ring (bicyclic) bond motifs is 4. The largest absolute Gasteiger partial charge is 0.454 e. The lowest BCUT2D eigenvalue weighted by molar-refractivity contribution is 0.668. The van der Waals surface area contributed by atoms with E-state index in [0.717, 1.165) is 83.6 Å².